The summed E-state index contributed by atoms with van der Waals surface area (Å²) in [5, 5.41) is 12.9. The smallest absolute Gasteiger partial charge is 0.141 e. The van der Waals surface area contributed by atoms with Crippen LogP contribution in [0.15, 0.2) is 23.8 Å². The highest BCUT2D eigenvalue weighted by Crippen LogP contribution is 2.26. The highest BCUT2D eigenvalue weighted by Gasteiger charge is 2.19. The number of thiazole rings is 1. The molecule has 0 saturated carbocycles. The molecule has 102 valence electrons. The number of halogens is 1. The molecule has 0 radical (unpaired) electrons. The Kier molecular flexibility index (Phi) is 3.96. The monoisotopic (exact) mass is 280 g/mol. The number of aliphatic hydroxyl groups is 1. The number of pyridine rings is 1. The van der Waals surface area contributed by atoms with Gasteiger partial charge in [-0.3, -0.25) is 4.98 Å². The van der Waals surface area contributed by atoms with E-state index in [0.717, 1.165) is 16.9 Å². The van der Waals surface area contributed by atoms with Crippen molar-refractivity contribution >= 4 is 11.3 Å². The molecule has 0 amide bonds. The third-order valence-electron chi connectivity index (χ3n) is 2.80. The van der Waals surface area contributed by atoms with E-state index in [4.69, 9.17) is 0 Å². The third kappa shape index (κ3) is 3.58. The molecule has 0 bridgehead atoms. The lowest BCUT2D eigenvalue weighted by molar-refractivity contribution is 0.177. The molecule has 2 rings (SSSR count). The van der Waals surface area contributed by atoms with E-state index in [2.05, 4.69) is 30.7 Å². The zero-order valence-corrected chi connectivity index (χ0v) is 12.0. The van der Waals surface area contributed by atoms with Crippen molar-refractivity contribution in [2.24, 2.45) is 0 Å². The van der Waals surface area contributed by atoms with E-state index in [1.54, 1.807) is 0 Å². The Morgan fingerprint density at radius 2 is 2.11 bits per heavy atom. The summed E-state index contributed by atoms with van der Waals surface area (Å²) in [6.07, 6.45) is 2.21. The molecule has 0 spiro atoms. The fourth-order valence-electron chi connectivity index (χ4n) is 1.64. The molecule has 0 aromatic carbocycles. The van der Waals surface area contributed by atoms with Crippen molar-refractivity contribution in [3.05, 3.63) is 45.9 Å². The van der Waals surface area contributed by atoms with E-state index in [9.17, 15) is 9.50 Å². The number of aliphatic hydroxyl groups excluding tert-OH is 1. The van der Waals surface area contributed by atoms with Gasteiger partial charge in [0, 0.05) is 29.0 Å². The van der Waals surface area contributed by atoms with Gasteiger partial charge in [-0.1, -0.05) is 20.8 Å². The van der Waals surface area contributed by atoms with Gasteiger partial charge in [-0.15, -0.1) is 11.3 Å². The second kappa shape index (κ2) is 5.35. The first kappa shape index (κ1) is 14.1. The van der Waals surface area contributed by atoms with Crippen LogP contribution < -0.4 is 0 Å². The number of nitrogens with zero attached hydrogens (tertiary/aromatic N) is 2. The maximum Gasteiger partial charge on any atom is 0.141 e. The summed E-state index contributed by atoms with van der Waals surface area (Å²) in [6.45, 7) is 6.29. The minimum atomic E-state index is -0.776. The average Bonchev–Trinajstić information content (AvgIpc) is 2.77. The van der Waals surface area contributed by atoms with Crippen LogP contribution in [0.3, 0.4) is 0 Å². The lowest BCUT2D eigenvalue weighted by atomic mass is 9.93. The van der Waals surface area contributed by atoms with Crippen LogP contribution in [0.2, 0.25) is 0 Å². The highest BCUT2D eigenvalue weighted by atomic mass is 32.1. The van der Waals surface area contributed by atoms with Gasteiger partial charge in [0.25, 0.3) is 0 Å². The summed E-state index contributed by atoms with van der Waals surface area (Å²) >= 11 is 1.52. The summed E-state index contributed by atoms with van der Waals surface area (Å²) in [7, 11) is 0. The van der Waals surface area contributed by atoms with E-state index < -0.39 is 11.9 Å². The van der Waals surface area contributed by atoms with Crippen LogP contribution in [0.1, 0.15) is 43.1 Å². The summed E-state index contributed by atoms with van der Waals surface area (Å²) in [5.41, 5.74) is 1.49. The zero-order chi connectivity index (χ0) is 14.0. The van der Waals surface area contributed by atoms with Crippen molar-refractivity contribution in [1.29, 1.82) is 0 Å². The largest absolute Gasteiger partial charge is 0.388 e. The summed E-state index contributed by atoms with van der Waals surface area (Å²) in [6, 6.07) is 1.30. The number of hydrogen-bond acceptors (Lipinski definition) is 4. The molecule has 1 unspecified atom stereocenters. The van der Waals surface area contributed by atoms with Gasteiger partial charge in [-0.2, -0.15) is 0 Å². The number of rotatable bonds is 3. The second-order valence-electron chi connectivity index (χ2n) is 5.53. The van der Waals surface area contributed by atoms with Gasteiger partial charge >= 0.3 is 0 Å². The normalized spacial score (nSPS) is 13.5. The first-order chi connectivity index (χ1) is 8.86. The number of aromatic nitrogens is 2. The van der Waals surface area contributed by atoms with Crippen molar-refractivity contribution in [1.82, 2.24) is 9.97 Å². The lowest BCUT2D eigenvalue weighted by Crippen LogP contribution is -2.12. The van der Waals surface area contributed by atoms with Gasteiger partial charge in [0.2, 0.25) is 0 Å². The SMILES string of the molecule is CC(C)(C)c1csc(CC(O)c2cncc(F)c2)n1. The Morgan fingerprint density at radius 1 is 1.37 bits per heavy atom. The van der Waals surface area contributed by atoms with Crippen molar-refractivity contribution in [2.45, 2.75) is 38.7 Å². The summed E-state index contributed by atoms with van der Waals surface area (Å²) in [5.74, 6) is -0.439. The Balaban J connectivity index is 2.11. The average molecular weight is 280 g/mol. The Hall–Kier alpha value is -1.33. The minimum absolute atomic E-state index is 0.000112. The molecule has 0 aliphatic carbocycles. The van der Waals surface area contributed by atoms with Crippen LogP contribution in [0.25, 0.3) is 0 Å². The molecule has 0 aliphatic rings. The standard InChI is InChI=1S/C14H17FN2OS/c1-14(2,3)12-8-19-13(17-12)5-11(18)9-4-10(15)7-16-6-9/h4,6-8,11,18H,5H2,1-3H3. The molecule has 19 heavy (non-hydrogen) atoms. The fraction of sp³-hybridized carbons (Fsp3) is 0.429. The van der Waals surface area contributed by atoms with Crippen LogP contribution in [0.5, 0.6) is 0 Å². The third-order valence-corrected chi connectivity index (χ3v) is 3.67. The van der Waals surface area contributed by atoms with Crippen LogP contribution >= 0.6 is 11.3 Å². The van der Waals surface area contributed by atoms with Gasteiger partial charge in [-0.25, -0.2) is 9.37 Å². The van der Waals surface area contributed by atoms with E-state index in [1.165, 1.54) is 23.6 Å². The molecule has 0 aliphatic heterocycles. The fourth-order valence-corrected chi connectivity index (χ4v) is 2.70. The topological polar surface area (TPSA) is 46.0 Å². The quantitative estimate of drug-likeness (QED) is 0.938. The van der Waals surface area contributed by atoms with Crippen molar-refractivity contribution in [2.75, 3.05) is 0 Å². The maximum absolute atomic E-state index is 13.0. The van der Waals surface area contributed by atoms with Gasteiger partial charge in [0.15, 0.2) is 0 Å². The molecular weight excluding hydrogens is 263 g/mol. The van der Waals surface area contributed by atoms with Gasteiger partial charge in [0.05, 0.1) is 23.0 Å². The van der Waals surface area contributed by atoms with Gasteiger partial charge < -0.3 is 5.11 Å². The maximum atomic E-state index is 13.0. The van der Waals surface area contributed by atoms with Crippen LogP contribution in [-0.4, -0.2) is 15.1 Å². The van der Waals surface area contributed by atoms with Crippen LogP contribution in [-0.2, 0) is 11.8 Å². The van der Waals surface area contributed by atoms with E-state index in [0.29, 0.717) is 12.0 Å². The molecule has 0 fully saturated rings. The molecule has 5 heteroatoms. The van der Waals surface area contributed by atoms with Crippen molar-refractivity contribution < 1.29 is 9.50 Å². The van der Waals surface area contributed by atoms with Crippen LogP contribution in [0, 0.1) is 5.82 Å². The van der Waals surface area contributed by atoms with E-state index in [-0.39, 0.29) is 5.41 Å². The van der Waals surface area contributed by atoms with E-state index in [1.807, 2.05) is 5.38 Å². The summed E-state index contributed by atoms with van der Waals surface area (Å²) in [4.78, 5) is 8.25. The molecule has 1 N–H and O–H groups in total. The first-order valence-corrected chi connectivity index (χ1v) is 6.97. The highest BCUT2D eigenvalue weighted by molar-refractivity contribution is 7.09. The van der Waals surface area contributed by atoms with Crippen molar-refractivity contribution in [3.63, 3.8) is 0 Å². The second-order valence-corrected chi connectivity index (χ2v) is 6.48. The Morgan fingerprint density at radius 3 is 2.68 bits per heavy atom. The zero-order valence-electron chi connectivity index (χ0n) is 11.2. The van der Waals surface area contributed by atoms with Gasteiger partial charge in [0.1, 0.15) is 5.82 Å². The van der Waals surface area contributed by atoms with Crippen LogP contribution in [0.4, 0.5) is 4.39 Å². The lowest BCUT2D eigenvalue weighted by Gasteiger charge is -2.14. The van der Waals surface area contributed by atoms with Crippen molar-refractivity contribution in [3.8, 4) is 0 Å². The minimum Gasteiger partial charge on any atom is -0.388 e. The molecule has 0 saturated heterocycles. The predicted molar refractivity (Wildman–Crippen MR) is 73.7 cm³/mol. The molecule has 3 nitrogen and oxygen atoms in total. The first-order valence-electron chi connectivity index (χ1n) is 6.09. The van der Waals surface area contributed by atoms with Gasteiger partial charge in [-0.05, 0) is 6.07 Å². The molecular formula is C14H17FN2OS. The number of hydrogen-bond donors (Lipinski definition) is 1. The Labute approximate surface area is 116 Å². The Bertz CT molecular complexity index is 563. The predicted octanol–water partition coefficient (Wildman–Crippen LogP) is 3.25. The summed E-state index contributed by atoms with van der Waals surface area (Å²) < 4.78 is 13.0. The molecule has 1 atom stereocenters. The van der Waals surface area contributed by atoms with E-state index >= 15 is 0 Å². The molecule has 2 aromatic rings. The molecule has 2 heterocycles. The molecule has 2 aromatic heterocycles.